The molecule has 0 atom stereocenters. The quantitative estimate of drug-likeness (QED) is 0.905. The van der Waals surface area contributed by atoms with Gasteiger partial charge in [0.25, 0.3) is 0 Å². The lowest BCUT2D eigenvalue weighted by Gasteiger charge is -2.07. The van der Waals surface area contributed by atoms with Crippen LogP contribution in [0.1, 0.15) is 11.1 Å². The van der Waals surface area contributed by atoms with E-state index in [1.54, 1.807) is 29.5 Å². The molecule has 84 valence electrons. The molecule has 0 saturated heterocycles. The number of benzene rings is 1. The summed E-state index contributed by atoms with van der Waals surface area (Å²) in [6.45, 7) is 0.506. The Labute approximate surface area is 103 Å². The van der Waals surface area contributed by atoms with Crippen molar-refractivity contribution in [1.82, 2.24) is 0 Å². The van der Waals surface area contributed by atoms with Gasteiger partial charge in [-0.25, -0.2) is 0 Å². The summed E-state index contributed by atoms with van der Waals surface area (Å²) in [6, 6.07) is 7.31. The van der Waals surface area contributed by atoms with E-state index in [1.165, 1.54) is 0 Å². The highest BCUT2D eigenvalue weighted by atomic mass is 35.5. The minimum absolute atomic E-state index is 0.00939. The van der Waals surface area contributed by atoms with Crippen molar-refractivity contribution >= 4 is 22.9 Å². The lowest BCUT2D eigenvalue weighted by atomic mass is 10.2. The fourth-order valence-corrected chi connectivity index (χ4v) is 2.21. The normalized spacial score (nSPS) is 10.4. The third-order valence-electron chi connectivity index (χ3n) is 2.15. The van der Waals surface area contributed by atoms with Crippen LogP contribution in [0.25, 0.3) is 0 Å². The van der Waals surface area contributed by atoms with Crippen molar-refractivity contribution < 1.29 is 9.84 Å². The van der Waals surface area contributed by atoms with E-state index >= 15 is 0 Å². The van der Waals surface area contributed by atoms with E-state index in [-0.39, 0.29) is 6.61 Å². The average molecular weight is 255 g/mol. The van der Waals surface area contributed by atoms with Gasteiger partial charge in [0, 0.05) is 0 Å². The fourth-order valence-electron chi connectivity index (χ4n) is 1.30. The molecule has 0 radical (unpaired) electrons. The number of aliphatic hydroxyl groups excluding tert-OH is 1. The third-order valence-corrected chi connectivity index (χ3v) is 3.18. The van der Waals surface area contributed by atoms with Crippen molar-refractivity contribution in [3.8, 4) is 5.75 Å². The fraction of sp³-hybridized carbons (Fsp3) is 0.167. The molecule has 1 N–H and O–H groups in total. The Hall–Kier alpha value is -1.03. The number of rotatable bonds is 4. The number of hydrogen-bond donors (Lipinski definition) is 1. The topological polar surface area (TPSA) is 29.5 Å². The molecule has 0 aliphatic heterocycles. The van der Waals surface area contributed by atoms with Crippen LogP contribution in [0.5, 0.6) is 5.75 Å². The van der Waals surface area contributed by atoms with E-state index in [0.29, 0.717) is 17.4 Å². The molecule has 4 heteroatoms. The lowest BCUT2D eigenvalue weighted by molar-refractivity contribution is 0.281. The molecule has 1 heterocycles. The monoisotopic (exact) mass is 254 g/mol. The number of halogens is 1. The van der Waals surface area contributed by atoms with Crippen LogP contribution in [-0.2, 0) is 13.2 Å². The van der Waals surface area contributed by atoms with Crippen LogP contribution in [-0.4, -0.2) is 5.11 Å². The third kappa shape index (κ3) is 2.76. The molecule has 2 rings (SSSR count). The van der Waals surface area contributed by atoms with E-state index in [2.05, 4.69) is 0 Å². The zero-order chi connectivity index (χ0) is 11.4. The Balaban J connectivity index is 2.04. The molecule has 1 aromatic heterocycles. The van der Waals surface area contributed by atoms with Crippen molar-refractivity contribution in [2.45, 2.75) is 13.2 Å². The van der Waals surface area contributed by atoms with Crippen molar-refractivity contribution in [3.63, 3.8) is 0 Å². The standard InChI is InChI=1S/C12H11ClO2S/c13-11-5-9(6-14)1-2-12(11)15-7-10-3-4-16-8-10/h1-5,8,14H,6-7H2. The first-order chi connectivity index (χ1) is 7.79. The molecule has 0 aliphatic rings. The minimum Gasteiger partial charge on any atom is -0.487 e. The van der Waals surface area contributed by atoms with Crippen molar-refractivity contribution in [1.29, 1.82) is 0 Å². The molecule has 2 aromatic rings. The summed E-state index contributed by atoms with van der Waals surface area (Å²) in [5.74, 6) is 0.644. The smallest absolute Gasteiger partial charge is 0.138 e. The van der Waals surface area contributed by atoms with Crippen LogP contribution in [0.15, 0.2) is 35.0 Å². The Bertz CT molecular complexity index is 454. The summed E-state index contributed by atoms with van der Waals surface area (Å²) in [4.78, 5) is 0. The van der Waals surface area contributed by atoms with Crippen LogP contribution in [0.3, 0.4) is 0 Å². The van der Waals surface area contributed by atoms with E-state index in [0.717, 1.165) is 11.1 Å². The van der Waals surface area contributed by atoms with Gasteiger partial charge < -0.3 is 9.84 Å². The maximum Gasteiger partial charge on any atom is 0.138 e. The minimum atomic E-state index is -0.00939. The molecule has 16 heavy (non-hydrogen) atoms. The first-order valence-electron chi connectivity index (χ1n) is 4.83. The highest BCUT2D eigenvalue weighted by Crippen LogP contribution is 2.26. The summed E-state index contributed by atoms with van der Waals surface area (Å²) in [5, 5.41) is 13.5. The number of thiophene rings is 1. The number of aliphatic hydroxyl groups is 1. The molecule has 1 aromatic carbocycles. The predicted molar refractivity (Wildman–Crippen MR) is 66.0 cm³/mol. The Morgan fingerprint density at radius 1 is 1.25 bits per heavy atom. The summed E-state index contributed by atoms with van der Waals surface area (Å²) in [6.07, 6.45) is 0. The summed E-state index contributed by atoms with van der Waals surface area (Å²) < 4.78 is 5.57. The average Bonchev–Trinajstić information content (AvgIpc) is 2.80. The summed E-state index contributed by atoms with van der Waals surface area (Å²) in [7, 11) is 0. The maximum atomic E-state index is 8.93. The summed E-state index contributed by atoms with van der Waals surface area (Å²) >= 11 is 7.65. The Kier molecular flexibility index (Phi) is 3.83. The van der Waals surface area contributed by atoms with Gasteiger partial charge in [0.2, 0.25) is 0 Å². The van der Waals surface area contributed by atoms with Crippen LogP contribution in [0.2, 0.25) is 5.02 Å². The first-order valence-corrected chi connectivity index (χ1v) is 6.15. The van der Waals surface area contributed by atoms with Gasteiger partial charge in [0.05, 0.1) is 11.6 Å². The molecular formula is C12H11ClO2S. The second-order valence-corrected chi connectivity index (χ2v) is 4.53. The Morgan fingerprint density at radius 2 is 2.12 bits per heavy atom. The van der Waals surface area contributed by atoms with Gasteiger partial charge in [0.15, 0.2) is 0 Å². The Morgan fingerprint density at radius 3 is 2.75 bits per heavy atom. The van der Waals surface area contributed by atoms with Crippen LogP contribution in [0.4, 0.5) is 0 Å². The van der Waals surface area contributed by atoms with Crippen LogP contribution >= 0.6 is 22.9 Å². The van der Waals surface area contributed by atoms with Gasteiger partial charge in [-0.15, -0.1) is 0 Å². The largest absolute Gasteiger partial charge is 0.487 e. The SMILES string of the molecule is OCc1ccc(OCc2ccsc2)c(Cl)c1. The molecule has 0 amide bonds. The lowest BCUT2D eigenvalue weighted by Crippen LogP contribution is -1.95. The van der Waals surface area contributed by atoms with Gasteiger partial charge in [-0.3, -0.25) is 0 Å². The van der Waals surface area contributed by atoms with Gasteiger partial charge in [-0.05, 0) is 40.1 Å². The van der Waals surface area contributed by atoms with Crippen LogP contribution < -0.4 is 4.74 Å². The zero-order valence-electron chi connectivity index (χ0n) is 8.52. The van der Waals surface area contributed by atoms with Crippen molar-refractivity contribution in [2.75, 3.05) is 0 Å². The van der Waals surface area contributed by atoms with E-state index < -0.39 is 0 Å². The molecule has 0 aliphatic carbocycles. The molecule has 0 fully saturated rings. The first kappa shape index (κ1) is 11.5. The van der Waals surface area contributed by atoms with Gasteiger partial charge in [-0.1, -0.05) is 17.7 Å². The molecule has 0 saturated carbocycles. The predicted octanol–water partition coefficient (Wildman–Crippen LogP) is 3.47. The highest BCUT2D eigenvalue weighted by Gasteiger charge is 2.03. The van der Waals surface area contributed by atoms with Crippen molar-refractivity contribution in [3.05, 3.63) is 51.2 Å². The molecule has 2 nitrogen and oxygen atoms in total. The van der Waals surface area contributed by atoms with Gasteiger partial charge >= 0.3 is 0 Å². The van der Waals surface area contributed by atoms with Crippen LogP contribution in [0, 0.1) is 0 Å². The second-order valence-electron chi connectivity index (χ2n) is 3.34. The molecule has 0 bridgehead atoms. The van der Waals surface area contributed by atoms with Crippen molar-refractivity contribution in [2.24, 2.45) is 0 Å². The second kappa shape index (κ2) is 5.34. The molecule has 0 unspecified atom stereocenters. The highest BCUT2D eigenvalue weighted by molar-refractivity contribution is 7.07. The molecular weight excluding hydrogens is 244 g/mol. The van der Waals surface area contributed by atoms with E-state index in [4.69, 9.17) is 21.4 Å². The maximum absolute atomic E-state index is 8.93. The number of hydrogen-bond acceptors (Lipinski definition) is 3. The van der Waals surface area contributed by atoms with E-state index in [1.807, 2.05) is 16.8 Å². The van der Waals surface area contributed by atoms with E-state index in [9.17, 15) is 0 Å². The van der Waals surface area contributed by atoms with Gasteiger partial charge in [0.1, 0.15) is 12.4 Å². The zero-order valence-corrected chi connectivity index (χ0v) is 10.1. The number of ether oxygens (including phenoxy) is 1. The van der Waals surface area contributed by atoms with Gasteiger partial charge in [-0.2, -0.15) is 11.3 Å². The molecule has 0 spiro atoms. The summed E-state index contributed by atoms with van der Waals surface area (Å²) in [5.41, 5.74) is 1.92.